The monoisotopic (exact) mass is 300 g/mol. The zero-order valence-electron chi connectivity index (χ0n) is 13.2. The van der Waals surface area contributed by atoms with Crippen molar-refractivity contribution in [3.05, 3.63) is 35.9 Å². The number of likely N-dealkylation sites (tertiary alicyclic amines) is 2. The van der Waals surface area contributed by atoms with Crippen LogP contribution in [0, 0.1) is 5.92 Å². The van der Waals surface area contributed by atoms with Crippen molar-refractivity contribution in [2.75, 3.05) is 20.1 Å². The van der Waals surface area contributed by atoms with E-state index in [1.54, 1.807) is 4.90 Å². The van der Waals surface area contributed by atoms with Gasteiger partial charge in [-0.25, -0.2) is 0 Å². The molecule has 2 heterocycles. The number of hydrogen-bond acceptors (Lipinski definition) is 2. The van der Waals surface area contributed by atoms with Crippen LogP contribution in [0.15, 0.2) is 30.3 Å². The van der Waals surface area contributed by atoms with Gasteiger partial charge in [0.1, 0.15) is 0 Å². The van der Waals surface area contributed by atoms with Crippen molar-refractivity contribution in [2.24, 2.45) is 5.92 Å². The minimum absolute atomic E-state index is 0.108. The van der Waals surface area contributed by atoms with Gasteiger partial charge in [-0.2, -0.15) is 0 Å². The van der Waals surface area contributed by atoms with Crippen molar-refractivity contribution >= 4 is 11.8 Å². The molecule has 2 aliphatic heterocycles. The highest BCUT2D eigenvalue weighted by molar-refractivity contribution is 5.85. The number of amides is 2. The van der Waals surface area contributed by atoms with Crippen LogP contribution < -0.4 is 0 Å². The first-order valence-electron chi connectivity index (χ1n) is 8.28. The van der Waals surface area contributed by atoms with Crippen LogP contribution >= 0.6 is 0 Å². The minimum atomic E-state index is -0.128. The summed E-state index contributed by atoms with van der Waals surface area (Å²) >= 11 is 0. The Kier molecular flexibility index (Phi) is 4.46. The first-order valence-corrected chi connectivity index (χ1v) is 8.28. The Hall–Kier alpha value is -1.84. The number of carbonyl (C=O) groups excluding carboxylic acids is 2. The van der Waals surface area contributed by atoms with E-state index < -0.39 is 0 Å². The Morgan fingerprint density at radius 1 is 1.09 bits per heavy atom. The second-order valence-electron chi connectivity index (χ2n) is 6.39. The lowest BCUT2D eigenvalue weighted by molar-refractivity contribution is -0.147. The highest BCUT2D eigenvalue weighted by atomic mass is 16.2. The molecule has 0 radical (unpaired) electrons. The summed E-state index contributed by atoms with van der Waals surface area (Å²) in [4.78, 5) is 28.9. The molecule has 2 amide bonds. The normalized spacial score (nSPS) is 26.1. The maximum absolute atomic E-state index is 13.0. The molecule has 0 bridgehead atoms. The molecule has 0 saturated carbocycles. The van der Waals surface area contributed by atoms with Gasteiger partial charge in [0, 0.05) is 26.6 Å². The summed E-state index contributed by atoms with van der Waals surface area (Å²) in [5.41, 5.74) is 1.06. The fraction of sp³-hybridized carbons (Fsp3) is 0.556. The SMILES string of the molecule is CN1C(=O)CCC(C(=O)N2CCCCC2)C1c1ccccc1. The number of rotatable bonds is 2. The molecule has 2 aliphatic rings. The van der Waals surface area contributed by atoms with Gasteiger partial charge in [-0.05, 0) is 31.2 Å². The average Bonchev–Trinajstić information content (AvgIpc) is 2.58. The number of piperidine rings is 2. The Morgan fingerprint density at radius 3 is 2.45 bits per heavy atom. The molecule has 1 aromatic rings. The van der Waals surface area contributed by atoms with Crippen molar-refractivity contribution < 1.29 is 9.59 Å². The average molecular weight is 300 g/mol. The first kappa shape index (κ1) is 15.1. The molecule has 2 fully saturated rings. The third-order valence-corrected chi connectivity index (χ3v) is 4.99. The fourth-order valence-electron chi connectivity index (χ4n) is 3.75. The fourth-order valence-corrected chi connectivity index (χ4v) is 3.75. The highest BCUT2D eigenvalue weighted by Crippen LogP contribution is 2.37. The lowest BCUT2D eigenvalue weighted by Crippen LogP contribution is -2.48. The van der Waals surface area contributed by atoms with Crippen molar-refractivity contribution in [1.29, 1.82) is 0 Å². The Balaban J connectivity index is 1.86. The smallest absolute Gasteiger partial charge is 0.228 e. The van der Waals surface area contributed by atoms with E-state index in [4.69, 9.17) is 0 Å². The summed E-state index contributed by atoms with van der Waals surface area (Å²) in [6, 6.07) is 9.84. The molecule has 0 spiro atoms. The zero-order chi connectivity index (χ0) is 15.5. The van der Waals surface area contributed by atoms with Crippen LogP contribution in [0.5, 0.6) is 0 Å². The summed E-state index contributed by atoms with van der Waals surface area (Å²) in [6.45, 7) is 1.74. The quantitative estimate of drug-likeness (QED) is 0.842. The summed E-state index contributed by atoms with van der Waals surface area (Å²) in [5, 5.41) is 0. The lowest BCUT2D eigenvalue weighted by atomic mass is 9.83. The molecule has 0 aromatic heterocycles. The molecule has 0 N–H and O–H groups in total. The van der Waals surface area contributed by atoms with E-state index in [0.717, 1.165) is 31.5 Å². The second kappa shape index (κ2) is 6.51. The van der Waals surface area contributed by atoms with Gasteiger partial charge in [-0.3, -0.25) is 9.59 Å². The Labute approximate surface area is 132 Å². The number of hydrogen-bond donors (Lipinski definition) is 0. The van der Waals surface area contributed by atoms with Crippen LogP contribution in [0.4, 0.5) is 0 Å². The predicted molar refractivity (Wildman–Crippen MR) is 85.1 cm³/mol. The molecule has 4 heteroatoms. The predicted octanol–water partition coefficient (Wildman–Crippen LogP) is 2.61. The largest absolute Gasteiger partial charge is 0.342 e. The van der Waals surface area contributed by atoms with E-state index in [2.05, 4.69) is 0 Å². The summed E-state index contributed by atoms with van der Waals surface area (Å²) in [7, 11) is 1.83. The van der Waals surface area contributed by atoms with Crippen molar-refractivity contribution in [2.45, 2.75) is 38.1 Å². The van der Waals surface area contributed by atoms with Crippen LogP contribution in [0.2, 0.25) is 0 Å². The van der Waals surface area contributed by atoms with Gasteiger partial charge < -0.3 is 9.80 Å². The van der Waals surface area contributed by atoms with E-state index in [9.17, 15) is 9.59 Å². The molecule has 22 heavy (non-hydrogen) atoms. The molecular formula is C18H24N2O2. The van der Waals surface area contributed by atoms with Crippen molar-refractivity contribution in [3.63, 3.8) is 0 Å². The number of nitrogens with zero attached hydrogens (tertiary/aromatic N) is 2. The van der Waals surface area contributed by atoms with Crippen LogP contribution in [-0.2, 0) is 9.59 Å². The highest BCUT2D eigenvalue weighted by Gasteiger charge is 2.40. The zero-order valence-corrected chi connectivity index (χ0v) is 13.2. The molecule has 118 valence electrons. The van der Waals surface area contributed by atoms with E-state index in [0.29, 0.717) is 12.8 Å². The van der Waals surface area contributed by atoms with Gasteiger partial charge in [0.25, 0.3) is 0 Å². The molecule has 2 atom stereocenters. The van der Waals surface area contributed by atoms with E-state index in [-0.39, 0.29) is 23.8 Å². The summed E-state index contributed by atoms with van der Waals surface area (Å²) < 4.78 is 0. The van der Waals surface area contributed by atoms with Crippen LogP contribution in [0.1, 0.15) is 43.7 Å². The third kappa shape index (κ3) is 2.87. The van der Waals surface area contributed by atoms with Crippen LogP contribution in [0.25, 0.3) is 0 Å². The van der Waals surface area contributed by atoms with Gasteiger partial charge in [-0.15, -0.1) is 0 Å². The van der Waals surface area contributed by atoms with E-state index in [1.807, 2.05) is 42.3 Å². The van der Waals surface area contributed by atoms with Gasteiger partial charge in [0.2, 0.25) is 11.8 Å². The van der Waals surface area contributed by atoms with Crippen LogP contribution in [-0.4, -0.2) is 41.8 Å². The lowest BCUT2D eigenvalue weighted by Gasteiger charge is -2.41. The number of carbonyl (C=O) groups is 2. The van der Waals surface area contributed by atoms with Gasteiger partial charge in [0.15, 0.2) is 0 Å². The number of benzene rings is 1. The van der Waals surface area contributed by atoms with E-state index >= 15 is 0 Å². The van der Waals surface area contributed by atoms with E-state index in [1.165, 1.54) is 6.42 Å². The molecular weight excluding hydrogens is 276 g/mol. The van der Waals surface area contributed by atoms with Gasteiger partial charge in [0.05, 0.1) is 12.0 Å². The minimum Gasteiger partial charge on any atom is -0.342 e. The molecule has 2 unspecified atom stereocenters. The molecule has 3 rings (SSSR count). The maximum Gasteiger partial charge on any atom is 0.228 e. The molecule has 2 saturated heterocycles. The molecule has 1 aromatic carbocycles. The van der Waals surface area contributed by atoms with Crippen molar-refractivity contribution in [1.82, 2.24) is 9.80 Å². The van der Waals surface area contributed by atoms with Gasteiger partial charge in [-0.1, -0.05) is 30.3 Å². The summed E-state index contributed by atoms with van der Waals surface area (Å²) in [6.07, 6.45) is 4.56. The Morgan fingerprint density at radius 2 is 1.77 bits per heavy atom. The topological polar surface area (TPSA) is 40.6 Å². The second-order valence-corrected chi connectivity index (χ2v) is 6.39. The third-order valence-electron chi connectivity index (χ3n) is 4.99. The molecule has 0 aliphatic carbocycles. The standard InChI is InChI=1S/C18H24N2O2/c1-19-16(21)11-10-15(17(19)14-8-4-2-5-9-14)18(22)20-12-6-3-7-13-20/h2,4-5,8-9,15,17H,3,6-7,10-13H2,1H3. The van der Waals surface area contributed by atoms with Crippen LogP contribution in [0.3, 0.4) is 0 Å². The Bertz CT molecular complexity index is 537. The summed E-state index contributed by atoms with van der Waals surface area (Å²) in [5.74, 6) is 0.257. The van der Waals surface area contributed by atoms with Gasteiger partial charge >= 0.3 is 0 Å². The molecule has 4 nitrogen and oxygen atoms in total. The van der Waals surface area contributed by atoms with Crippen molar-refractivity contribution in [3.8, 4) is 0 Å². The maximum atomic E-state index is 13.0. The first-order chi connectivity index (χ1) is 10.7.